The number of rotatable bonds is 2. The zero-order chi connectivity index (χ0) is 9.80. The van der Waals surface area contributed by atoms with E-state index in [1.165, 1.54) is 5.56 Å². The molecule has 1 aromatic rings. The highest BCUT2D eigenvalue weighted by Crippen LogP contribution is 2.11. The van der Waals surface area contributed by atoms with Crippen molar-refractivity contribution in [1.82, 2.24) is 4.90 Å². The van der Waals surface area contributed by atoms with Crippen LogP contribution in [0, 0.1) is 0 Å². The van der Waals surface area contributed by atoms with E-state index < -0.39 is 0 Å². The fourth-order valence-corrected chi connectivity index (χ4v) is 1.69. The van der Waals surface area contributed by atoms with Crippen molar-refractivity contribution in [1.29, 1.82) is 0 Å². The molecule has 0 radical (unpaired) electrons. The molecule has 1 aliphatic heterocycles. The molecule has 0 saturated carbocycles. The highest BCUT2D eigenvalue weighted by molar-refractivity contribution is 5.15. The van der Waals surface area contributed by atoms with E-state index in [9.17, 15) is 5.11 Å². The highest BCUT2D eigenvalue weighted by atomic mass is 16.3. The summed E-state index contributed by atoms with van der Waals surface area (Å²) in [6.45, 7) is 2.79. The van der Waals surface area contributed by atoms with Gasteiger partial charge in [0.2, 0.25) is 0 Å². The van der Waals surface area contributed by atoms with Gasteiger partial charge in [-0.15, -0.1) is 0 Å². The smallest absolute Gasteiger partial charge is 0.0908 e. The fraction of sp³-hybridized carbons (Fsp3) is 0.333. The lowest BCUT2D eigenvalue weighted by Gasteiger charge is -2.24. The molecule has 74 valence electrons. The first-order valence-corrected chi connectivity index (χ1v) is 4.99. The Kier molecular flexibility index (Phi) is 2.84. The third-order valence-electron chi connectivity index (χ3n) is 2.52. The second kappa shape index (κ2) is 4.29. The molecule has 0 fully saturated rings. The van der Waals surface area contributed by atoms with Crippen LogP contribution in [-0.4, -0.2) is 23.1 Å². The minimum absolute atomic E-state index is 0.536. The van der Waals surface area contributed by atoms with Crippen molar-refractivity contribution < 1.29 is 5.11 Å². The zero-order valence-electron chi connectivity index (χ0n) is 8.19. The standard InChI is InChI=1S/C12H15NO/c14-12-6-8-13(9-7-12)10-11-4-2-1-3-5-11/h1-6,14H,7-10H2. The van der Waals surface area contributed by atoms with Gasteiger partial charge in [-0.25, -0.2) is 0 Å². The molecule has 2 nitrogen and oxygen atoms in total. The van der Waals surface area contributed by atoms with Crippen LogP contribution in [0.15, 0.2) is 42.2 Å². The number of aliphatic hydroxyl groups is 1. The Morgan fingerprint density at radius 2 is 2.00 bits per heavy atom. The van der Waals surface area contributed by atoms with Gasteiger partial charge < -0.3 is 5.11 Å². The first kappa shape index (κ1) is 9.28. The number of hydrogen-bond acceptors (Lipinski definition) is 2. The normalized spacial score (nSPS) is 17.9. The molecule has 0 spiro atoms. The molecule has 14 heavy (non-hydrogen) atoms. The second-order valence-corrected chi connectivity index (χ2v) is 3.67. The van der Waals surface area contributed by atoms with Crippen molar-refractivity contribution in [2.75, 3.05) is 13.1 Å². The van der Waals surface area contributed by atoms with Crippen LogP contribution >= 0.6 is 0 Å². The quantitative estimate of drug-likeness (QED) is 0.771. The monoisotopic (exact) mass is 189 g/mol. The maximum atomic E-state index is 9.23. The Morgan fingerprint density at radius 1 is 1.21 bits per heavy atom. The first-order chi connectivity index (χ1) is 6.84. The minimum Gasteiger partial charge on any atom is -0.513 e. The molecule has 1 aliphatic rings. The molecule has 2 rings (SSSR count). The molecule has 0 atom stereocenters. The van der Waals surface area contributed by atoms with Gasteiger partial charge in [-0.1, -0.05) is 30.3 Å². The summed E-state index contributed by atoms with van der Waals surface area (Å²) in [5, 5.41) is 9.23. The Bertz CT molecular complexity index is 318. The van der Waals surface area contributed by atoms with Crippen molar-refractivity contribution >= 4 is 0 Å². The largest absolute Gasteiger partial charge is 0.513 e. The summed E-state index contributed by atoms with van der Waals surface area (Å²) in [7, 11) is 0. The molecule has 0 amide bonds. The summed E-state index contributed by atoms with van der Waals surface area (Å²) >= 11 is 0. The van der Waals surface area contributed by atoms with E-state index in [1.54, 1.807) is 0 Å². The summed E-state index contributed by atoms with van der Waals surface area (Å²) in [6, 6.07) is 10.4. The number of aliphatic hydroxyl groups excluding tert-OH is 1. The maximum Gasteiger partial charge on any atom is 0.0908 e. The lowest BCUT2D eigenvalue weighted by atomic mass is 10.1. The molecule has 0 unspecified atom stereocenters. The molecule has 1 aromatic carbocycles. The third-order valence-corrected chi connectivity index (χ3v) is 2.52. The molecule has 1 heterocycles. The summed E-state index contributed by atoms with van der Waals surface area (Å²) in [6.07, 6.45) is 2.68. The second-order valence-electron chi connectivity index (χ2n) is 3.67. The van der Waals surface area contributed by atoms with E-state index in [0.717, 1.165) is 26.1 Å². The van der Waals surface area contributed by atoms with Crippen LogP contribution in [0.4, 0.5) is 0 Å². The summed E-state index contributed by atoms with van der Waals surface area (Å²) in [5.41, 5.74) is 1.34. The van der Waals surface area contributed by atoms with E-state index in [2.05, 4.69) is 29.2 Å². The number of nitrogens with zero attached hydrogens (tertiary/aromatic N) is 1. The van der Waals surface area contributed by atoms with Crippen molar-refractivity contribution in [3.8, 4) is 0 Å². The minimum atomic E-state index is 0.536. The van der Waals surface area contributed by atoms with Gasteiger partial charge in [-0.3, -0.25) is 4.90 Å². The van der Waals surface area contributed by atoms with Gasteiger partial charge in [-0.2, -0.15) is 0 Å². The van der Waals surface area contributed by atoms with Gasteiger partial charge in [-0.05, 0) is 11.6 Å². The SMILES string of the molecule is OC1=CCN(Cc2ccccc2)CC1. The maximum absolute atomic E-state index is 9.23. The lowest BCUT2D eigenvalue weighted by Crippen LogP contribution is -2.28. The van der Waals surface area contributed by atoms with Crippen LogP contribution in [-0.2, 0) is 6.54 Å². The molecule has 0 bridgehead atoms. The average Bonchev–Trinajstić information content (AvgIpc) is 2.23. The van der Waals surface area contributed by atoms with Crippen LogP contribution < -0.4 is 0 Å². The van der Waals surface area contributed by atoms with E-state index in [-0.39, 0.29) is 0 Å². The third kappa shape index (κ3) is 2.36. The topological polar surface area (TPSA) is 23.5 Å². The van der Waals surface area contributed by atoms with E-state index >= 15 is 0 Å². The predicted molar refractivity (Wildman–Crippen MR) is 57.0 cm³/mol. The zero-order valence-corrected chi connectivity index (χ0v) is 8.19. The average molecular weight is 189 g/mol. The molecule has 0 aromatic heterocycles. The van der Waals surface area contributed by atoms with Gasteiger partial charge in [0.25, 0.3) is 0 Å². The predicted octanol–water partition coefficient (Wildman–Crippen LogP) is 2.33. The van der Waals surface area contributed by atoms with Gasteiger partial charge in [0, 0.05) is 26.1 Å². The Morgan fingerprint density at radius 3 is 2.64 bits per heavy atom. The van der Waals surface area contributed by atoms with Crippen molar-refractivity contribution in [2.45, 2.75) is 13.0 Å². The Labute approximate surface area is 84.5 Å². The Hall–Kier alpha value is -1.28. The molecule has 0 saturated heterocycles. The van der Waals surface area contributed by atoms with Crippen molar-refractivity contribution in [2.24, 2.45) is 0 Å². The molecular formula is C12H15NO. The summed E-state index contributed by atoms with van der Waals surface area (Å²) in [5.74, 6) is 0.536. The van der Waals surface area contributed by atoms with Crippen LogP contribution in [0.3, 0.4) is 0 Å². The van der Waals surface area contributed by atoms with Gasteiger partial charge in [0.15, 0.2) is 0 Å². The van der Waals surface area contributed by atoms with Crippen LogP contribution in [0.1, 0.15) is 12.0 Å². The molecule has 1 N–H and O–H groups in total. The molecule has 2 heteroatoms. The Balaban J connectivity index is 1.93. The molecular weight excluding hydrogens is 174 g/mol. The van der Waals surface area contributed by atoms with Crippen molar-refractivity contribution in [3.63, 3.8) is 0 Å². The van der Waals surface area contributed by atoms with Crippen molar-refractivity contribution in [3.05, 3.63) is 47.7 Å². The molecule has 0 aliphatic carbocycles. The first-order valence-electron chi connectivity index (χ1n) is 4.99. The van der Waals surface area contributed by atoms with Crippen LogP contribution in [0.25, 0.3) is 0 Å². The van der Waals surface area contributed by atoms with E-state index in [4.69, 9.17) is 0 Å². The van der Waals surface area contributed by atoms with Gasteiger partial charge >= 0.3 is 0 Å². The van der Waals surface area contributed by atoms with Gasteiger partial charge in [0.1, 0.15) is 0 Å². The fourth-order valence-electron chi connectivity index (χ4n) is 1.69. The lowest BCUT2D eigenvalue weighted by molar-refractivity contribution is 0.249. The van der Waals surface area contributed by atoms with Gasteiger partial charge in [0.05, 0.1) is 5.76 Å². The van der Waals surface area contributed by atoms with E-state index in [1.807, 2.05) is 12.1 Å². The highest BCUT2D eigenvalue weighted by Gasteiger charge is 2.10. The van der Waals surface area contributed by atoms with Crippen LogP contribution in [0.5, 0.6) is 0 Å². The van der Waals surface area contributed by atoms with Crippen LogP contribution in [0.2, 0.25) is 0 Å². The summed E-state index contributed by atoms with van der Waals surface area (Å²) < 4.78 is 0. The van der Waals surface area contributed by atoms with E-state index in [0.29, 0.717) is 5.76 Å². The number of benzene rings is 1. The number of hydrogen-bond donors (Lipinski definition) is 1. The summed E-state index contributed by atoms with van der Waals surface area (Å²) in [4.78, 5) is 2.33.